The maximum atomic E-state index is 14.5. The van der Waals surface area contributed by atoms with Gasteiger partial charge in [-0.2, -0.15) is 8.42 Å². The number of esters is 1. The number of rotatable bonds is 23. The van der Waals surface area contributed by atoms with E-state index in [2.05, 4.69) is 5.32 Å². The molecule has 2 heterocycles. The van der Waals surface area contributed by atoms with Crippen LogP contribution >= 0.6 is 0 Å². The third-order valence-corrected chi connectivity index (χ3v) is 13.0. The largest absolute Gasteiger partial charge is 0.493 e. The van der Waals surface area contributed by atoms with Gasteiger partial charge in [0.05, 0.1) is 54.3 Å². The summed E-state index contributed by atoms with van der Waals surface area (Å²) in [4.78, 5) is 85.3. The van der Waals surface area contributed by atoms with E-state index in [0.29, 0.717) is 84.9 Å². The van der Waals surface area contributed by atoms with E-state index in [0.717, 1.165) is 5.56 Å². The molecule has 4 atom stereocenters. The first-order chi connectivity index (χ1) is 32.8. The number of hydroxylamine groups is 2. The Kier molecular flexibility index (Phi) is 18.2. The van der Waals surface area contributed by atoms with E-state index in [-0.39, 0.29) is 29.6 Å². The van der Waals surface area contributed by atoms with E-state index in [4.69, 9.17) is 38.0 Å². The molecule has 20 nitrogen and oxygen atoms in total. The second kappa shape index (κ2) is 23.6. The number of likely N-dealkylation sites (tertiary alicyclic amines) is 1. The lowest BCUT2D eigenvalue weighted by Crippen LogP contribution is -2.50. The first-order valence-electron chi connectivity index (χ1n) is 22.4. The van der Waals surface area contributed by atoms with Gasteiger partial charge in [-0.3, -0.25) is 23.7 Å². The summed E-state index contributed by atoms with van der Waals surface area (Å²) in [6, 6.07) is 14.9. The van der Waals surface area contributed by atoms with Crippen molar-refractivity contribution in [2.24, 2.45) is 0 Å². The van der Waals surface area contributed by atoms with Gasteiger partial charge >= 0.3 is 11.9 Å². The molecule has 0 aliphatic carbocycles. The van der Waals surface area contributed by atoms with Crippen LogP contribution in [-0.4, -0.2) is 124 Å². The SMILES string of the molecule is CC[C@H](C(=O)N1CCCC[C@H]1C(=O)O[C@H](CCc1ccc(OC)c(OC)c1)c1cccc(OCC(=O)NC(C)(C)CCC(=O)ON2C(=O)CC(S(=O)(=O)O)C2=O)c1)c1cc(OC)c(OC)c(OC)c1. The highest BCUT2D eigenvalue weighted by Gasteiger charge is 2.48. The number of benzene rings is 3. The summed E-state index contributed by atoms with van der Waals surface area (Å²) in [6.07, 6.45) is 0.867. The number of methoxy groups -OCH3 is 5. The van der Waals surface area contributed by atoms with Crippen LogP contribution in [0.2, 0.25) is 0 Å². The predicted molar refractivity (Wildman–Crippen MR) is 246 cm³/mol. The topological polar surface area (TPSA) is 249 Å². The summed E-state index contributed by atoms with van der Waals surface area (Å²) in [5, 5.41) is 0.712. The molecule has 0 spiro atoms. The molecule has 0 bridgehead atoms. The van der Waals surface area contributed by atoms with Gasteiger partial charge in [-0.1, -0.05) is 25.1 Å². The van der Waals surface area contributed by atoms with E-state index in [1.165, 1.54) is 28.4 Å². The number of piperidine rings is 1. The molecule has 0 aromatic heterocycles. The highest BCUT2D eigenvalue weighted by Crippen LogP contribution is 2.42. The van der Waals surface area contributed by atoms with Gasteiger partial charge in [-0.25, -0.2) is 9.59 Å². The number of imide groups is 1. The number of ether oxygens (including phenoxy) is 7. The average molecular weight is 984 g/mol. The maximum absolute atomic E-state index is 14.5. The van der Waals surface area contributed by atoms with Crippen LogP contribution in [-0.2, 0) is 54.9 Å². The molecule has 1 unspecified atom stereocenters. The molecular weight excluding hydrogens is 923 g/mol. The summed E-state index contributed by atoms with van der Waals surface area (Å²) >= 11 is 0. The zero-order valence-corrected chi connectivity index (χ0v) is 40.9. The molecule has 2 N–H and O–H groups in total. The average Bonchev–Trinajstić information content (AvgIpc) is 3.62. The fourth-order valence-electron chi connectivity index (χ4n) is 8.24. The Morgan fingerprint density at radius 3 is 2.14 bits per heavy atom. The number of nitrogens with one attached hydrogen (secondary N) is 1. The molecule has 2 fully saturated rings. The molecule has 376 valence electrons. The van der Waals surface area contributed by atoms with Gasteiger partial charge in [0.1, 0.15) is 17.9 Å². The second-order valence-electron chi connectivity index (χ2n) is 17.1. The van der Waals surface area contributed by atoms with Gasteiger partial charge < -0.3 is 48.2 Å². The van der Waals surface area contributed by atoms with Gasteiger partial charge in [0.2, 0.25) is 11.7 Å². The van der Waals surface area contributed by atoms with Crippen LogP contribution in [0.25, 0.3) is 0 Å². The molecule has 0 saturated carbocycles. The van der Waals surface area contributed by atoms with Crippen molar-refractivity contribution in [3.05, 3.63) is 71.3 Å². The van der Waals surface area contributed by atoms with Crippen LogP contribution in [0.5, 0.6) is 34.5 Å². The summed E-state index contributed by atoms with van der Waals surface area (Å²) in [5.41, 5.74) is 1.06. The summed E-state index contributed by atoms with van der Waals surface area (Å²) in [7, 11) is 2.69. The Morgan fingerprint density at radius 2 is 1.54 bits per heavy atom. The smallest absolute Gasteiger partial charge is 0.333 e. The van der Waals surface area contributed by atoms with Crippen LogP contribution in [0.15, 0.2) is 54.6 Å². The van der Waals surface area contributed by atoms with Gasteiger partial charge in [0.25, 0.3) is 27.8 Å². The van der Waals surface area contributed by atoms with Crippen LogP contribution in [0.4, 0.5) is 0 Å². The number of nitrogens with zero attached hydrogens (tertiary/aromatic N) is 2. The lowest BCUT2D eigenvalue weighted by atomic mass is 9.91. The Bertz CT molecular complexity index is 2450. The molecule has 2 aliphatic heterocycles. The number of aryl methyl sites for hydroxylation is 1. The summed E-state index contributed by atoms with van der Waals surface area (Å²) < 4.78 is 71.9. The maximum Gasteiger partial charge on any atom is 0.333 e. The number of carbonyl (C=O) groups is 6. The monoisotopic (exact) mass is 983 g/mol. The Balaban J connectivity index is 1.29. The summed E-state index contributed by atoms with van der Waals surface area (Å²) in [5.74, 6) is -2.99. The van der Waals surface area contributed by atoms with Crippen molar-refractivity contribution in [2.75, 3.05) is 48.7 Å². The molecular formula is C48H61N3O17S. The third-order valence-electron chi connectivity index (χ3n) is 11.9. The van der Waals surface area contributed by atoms with Crippen molar-refractivity contribution in [1.29, 1.82) is 0 Å². The lowest BCUT2D eigenvalue weighted by Gasteiger charge is -2.37. The quantitative estimate of drug-likeness (QED) is 0.0717. The van der Waals surface area contributed by atoms with Crippen molar-refractivity contribution < 1.29 is 79.7 Å². The van der Waals surface area contributed by atoms with Crippen LogP contribution in [0.3, 0.4) is 0 Å². The second-order valence-corrected chi connectivity index (χ2v) is 18.7. The van der Waals surface area contributed by atoms with E-state index in [1.54, 1.807) is 68.3 Å². The highest BCUT2D eigenvalue weighted by molar-refractivity contribution is 7.87. The van der Waals surface area contributed by atoms with E-state index in [9.17, 15) is 41.7 Å². The number of carbonyl (C=O) groups excluding carboxylic acids is 6. The zero-order chi connectivity index (χ0) is 50.6. The van der Waals surface area contributed by atoms with Gasteiger partial charge in [0.15, 0.2) is 34.9 Å². The van der Waals surface area contributed by atoms with Crippen LogP contribution < -0.4 is 33.7 Å². The van der Waals surface area contributed by atoms with Gasteiger partial charge in [0, 0.05) is 12.1 Å². The lowest BCUT2D eigenvalue weighted by molar-refractivity contribution is -0.197. The molecule has 5 rings (SSSR count). The van der Waals surface area contributed by atoms with Crippen molar-refractivity contribution in [2.45, 2.75) is 107 Å². The molecule has 3 aromatic carbocycles. The Hall–Kier alpha value is -6.61. The molecule has 0 radical (unpaired) electrons. The fraction of sp³-hybridized carbons (Fsp3) is 0.500. The molecule has 3 aromatic rings. The standard InChI is InChI=1S/C48H61N3O17S/c1-9-33(31-25-38(63-6)44(65-8)39(26-31)64-7)45(55)50-22-11-10-15-34(50)47(57)67-35(18-16-29-17-19-36(61-4)37(23-29)62-5)30-13-12-14-32(24-30)66-28-41(52)49-48(2,3)21-20-43(54)68-51-42(53)27-40(46(51)56)69(58,59)60/h12-14,17,19,23-26,33-35,40H,9-11,15-16,18,20-22,27-28H2,1-8H3,(H,49,52)(H,58,59,60)/t33-,34-,35+,40?/m0/s1. The van der Waals surface area contributed by atoms with Crippen molar-refractivity contribution in [3.63, 3.8) is 0 Å². The van der Waals surface area contributed by atoms with E-state index >= 15 is 0 Å². The molecule has 2 saturated heterocycles. The number of hydrogen-bond acceptors (Lipinski definition) is 16. The summed E-state index contributed by atoms with van der Waals surface area (Å²) in [6.45, 7) is 5.03. The zero-order valence-electron chi connectivity index (χ0n) is 40.1. The first kappa shape index (κ1) is 53.3. The van der Waals surface area contributed by atoms with Crippen LogP contribution in [0, 0.1) is 0 Å². The highest BCUT2D eigenvalue weighted by atomic mass is 32.2. The van der Waals surface area contributed by atoms with Crippen LogP contribution in [0.1, 0.15) is 101 Å². The van der Waals surface area contributed by atoms with Gasteiger partial charge in [-0.05, 0) is 112 Å². The minimum absolute atomic E-state index is 0.0184. The molecule has 2 aliphatic rings. The number of hydrogen-bond donors (Lipinski definition) is 2. The normalized spacial score (nSPS) is 17.1. The van der Waals surface area contributed by atoms with Crippen molar-refractivity contribution in [1.82, 2.24) is 15.3 Å². The Morgan fingerprint density at radius 1 is 0.855 bits per heavy atom. The minimum atomic E-state index is -4.89. The fourth-order valence-corrected chi connectivity index (χ4v) is 8.95. The predicted octanol–water partition coefficient (Wildman–Crippen LogP) is 5.05. The minimum Gasteiger partial charge on any atom is -0.493 e. The number of amides is 4. The molecule has 4 amide bonds. The molecule has 21 heteroatoms. The van der Waals surface area contributed by atoms with E-state index in [1.807, 2.05) is 19.1 Å². The third kappa shape index (κ3) is 13.6. The first-order valence-corrected chi connectivity index (χ1v) is 23.9. The van der Waals surface area contributed by atoms with Gasteiger partial charge in [-0.15, -0.1) is 5.06 Å². The van der Waals surface area contributed by atoms with E-state index < -0.39 is 81.7 Å². The molecule has 69 heavy (non-hydrogen) atoms. The van der Waals surface area contributed by atoms with Crippen molar-refractivity contribution in [3.8, 4) is 34.5 Å². The van der Waals surface area contributed by atoms with Crippen molar-refractivity contribution >= 4 is 45.7 Å². The Labute approximate surface area is 401 Å².